The predicted octanol–water partition coefficient (Wildman–Crippen LogP) is 10.2. The highest BCUT2D eigenvalue weighted by atomic mass is 32.2. The number of aliphatic imine (C=N–C) groups is 1. The first-order valence-corrected chi connectivity index (χ1v) is 14.4. The van der Waals surface area contributed by atoms with Crippen LogP contribution >= 0.6 is 24.0 Å². The molecule has 0 aliphatic heterocycles. The Morgan fingerprint density at radius 1 is 0.634 bits per heavy atom. The van der Waals surface area contributed by atoms with Crippen molar-refractivity contribution in [3.8, 4) is 5.75 Å². The highest BCUT2D eigenvalue weighted by molar-refractivity contribution is 8.02. The van der Waals surface area contributed by atoms with Gasteiger partial charge < -0.3 is 10.1 Å². The summed E-state index contributed by atoms with van der Waals surface area (Å²) < 4.78 is 5.91. The highest BCUT2D eigenvalue weighted by Crippen LogP contribution is 2.20. The van der Waals surface area contributed by atoms with E-state index in [-0.39, 0.29) is 0 Å². The summed E-state index contributed by atoms with van der Waals surface area (Å²) in [6.07, 6.45) is 5.79. The summed E-state index contributed by atoms with van der Waals surface area (Å²) >= 11 is 6.87. The Morgan fingerprint density at radius 2 is 1.17 bits per heavy atom. The van der Waals surface area contributed by atoms with Crippen LogP contribution in [-0.2, 0) is 0 Å². The van der Waals surface area contributed by atoms with Gasteiger partial charge in [-0.3, -0.25) is 0 Å². The van der Waals surface area contributed by atoms with Gasteiger partial charge in [-0.25, -0.2) is 4.99 Å². The van der Waals surface area contributed by atoms with E-state index in [1.807, 2.05) is 163 Å². The monoisotopic (exact) mass is 570 g/mol. The molecule has 0 aliphatic carbocycles. The van der Waals surface area contributed by atoms with Gasteiger partial charge in [0.2, 0.25) is 5.90 Å². The van der Waals surface area contributed by atoms with Crippen LogP contribution < -0.4 is 10.1 Å². The second-order valence-electron chi connectivity index (χ2n) is 8.53. The van der Waals surface area contributed by atoms with E-state index in [2.05, 4.69) is 22.4 Å². The zero-order valence-electron chi connectivity index (χ0n) is 22.4. The fourth-order valence-corrected chi connectivity index (χ4v) is 4.29. The SMILES string of the molecule is C(=C\C(=Nc1ccccc1)Oc1ccccc1)/Sc1ccccc1.S=C(/C=C\c1ccccc1)Nc1ccccc1. The number of hydrogen-bond donors (Lipinski definition) is 1. The molecule has 3 nitrogen and oxygen atoms in total. The molecule has 202 valence electrons. The van der Waals surface area contributed by atoms with Gasteiger partial charge in [0.05, 0.1) is 5.69 Å². The van der Waals surface area contributed by atoms with E-state index in [0.29, 0.717) is 10.9 Å². The average molecular weight is 571 g/mol. The average Bonchev–Trinajstić information content (AvgIpc) is 3.03. The smallest absolute Gasteiger partial charge is 0.220 e. The maximum Gasteiger partial charge on any atom is 0.220 e. The van der Waals surface area contributed by atoms with E-state index in [4.69, 9.17) is 17.0 Å². The first kappa shape index (κ1) is 29.3. The van der Waals surface area contributed by atoms with Gasteiger partial charge >= 0.3 is 0 Å². The van der Waals surface area contributed by atoms with E-state index < -0.39 is 0 Å². The second-order valence-corrected chi connectivity index (χ2v) is 9.95. The highest BCUT2D eigenvalue weighted by Gasteiger charge is 2.00. The van der Waals surface area contributed by atoms with Gasteiger partial charge in [-0.05, 0) is 65.6 Å². The van der Waals surface area contributed by atoms with Gasteiger partial charge in [0.15, 0.2) is 0 Å². The third-order valence-electron chi connectivity index (χ3n) is 5.39. The van der Waals surface area contributed by atoms with Crippen LogP contribution in [0.1, 0.15) is 5.56 Å². The summed E-state index contributed by atoms with van der Waals surface area (Å²) in [5.74, 6) is 1.32. The van der Waals surface area contributed by atoms with Crippen molar-refractivity contribution in [2.45, 2.75) is 4.90 Å². The topological polar surface area (TPSA) is 33.6 Å². The molecule has 0 bridgehead atoms. The molecule has 5 heteroatoms. The van der Waals surface area contributed by atoms with Crippen LogP contribution in [0, 0.1) is 0 Å². The minimum absolute atomic E-state index is 0.552. The lowest BCUT2D eigenvalue weighted by atomic mass is 10.2. The maximum atomic E-state index is 5.91. The molecule has 0 spiro atoms. The summed E-state index contributed by atoms with van der Waals surface area (Å²) in [6, 6.07) is 49.7. The zero-order chi connectivity index (χ0) is 28.4. The lowest BCUT2D eigenvalue weighted by Gasteiger charge is -2.05. The van der Waals surface area contributed by atoms with Gasteiger partial charge in [-0.2, -0.15) is 0 Å². The van der Waals surface area contributed by atoms with Crippen molar-refractivity contribution in [3.05, 3.63) is 175 Å². The fourth-order valence-electron chi connectivity index (χ4n) is 3.44. The Hall–Kier alpha value is -4.71. The molecule has 0 atom stereocenters. The van der Waals surface area contributed by atoms with Gasteiger partial charge in [0.25, 0.3) is 0 Å². The molecule has 0 saturated heterocycles. The number of hydrogen-bond acceptors (Lipinski definition) is 4. The van der Waals surface area contributed by atoms with Crippen molar-refractivity contribution in [1.82, 2.24) is 0 Å². The molecule has 5 aromatic rings. The Morgan fingerprint density at radius 3 is 1.80 bits per heavy atom. The molecule has 0 unspecified atom stereocenters. The van der Waals surface area contributed by atoms with Gasteiger partial charge in [0, 0.05) is 16.7 Å². The zero-order valence-corrected chi connectivity index (χ0v) is 24.0. The van der Waals surface area contributed by atoms with E-state index in [1.165, 1.54) is 4.90 Å². The molecule has 0 amide bonds. The van der Waals surface area contributed by atoms with Gasteiger partial charge in [0.1, 0.15) is 10.7 Å². The molecule has 5 rings (SSSR count). The molecule has 0 aliphatic rings. The van der Waals surface area contributed by atoms with Crippen molar-refractivity contribution in [3.63, 3.8) is 0 Å². The summed E-state index contributed by atoms with van der Waals surface area (Å²) in [7, 11) is 0. The quantitative estimate of drug-likeness (QED) is 0.0661. The summed E-state index contributed by atoms with van der Waals surface area (Å²) in [6.45, 7) is 0. The number of para-hydroxylation sites is 3. The van der Waals surface area contributed by atoms with Gasteiger partial charge in [-0.1, -0.05) is 133 Å². The lowest BCUT2D eigenvalue weighted by molar-refractivity contribution is 0.556. The molecule has 0 fully saturated rings. The minimum Gasteiger partial charge on any atom is -0.439 e. The van der Waals surface area contributed by atoms with Crippen LogP contribution in [0.5, 0.6) is 5.75 Å². The summed E-state index contributed by atoms with van der Waals surface area (Å²) in [4.78, 5) is 6.46. The number of benzene rings is 5. The normalized spacial score (nSPS) is 11.1. The van der Waals surface area contributed by atoms with Crippen LogP contribution in [0.2, 0.25) is 0 Å². The van der Waals surface area contributed by atoms with E-state index >= 15 is 0 Å². The largest absolute Gasteiger partial charge is 0.439 e. The summed E-state index contributed by atoms with van der Waals surface area (Å²) in [5.41, 5.74) is 3.01. The van der Waals surface area contributed by atoms with Crippen molar-refractivity contribution in [2.75, 3.05) is 5.32 Å². The Bertz CT molecular complexity index is 1540. The Kier molecular flexibility index (Phi) is 12.2. The van der Waals surface area contributed by atoms with Gasteiger partial charge in [-0.15, -0.1) is 0 Å². The molecule has 5 aromatic carbocycles. The minimum atomic E-state index is 0.552. The number of rotatable bonds is 8. The second kappa shape index (κ2) is 17.1. The molecule has 0 aromatic heterocycles. The lowest BCUT2D eigenvalue weighted by Crippen LogP contribution is -2.04. The van der Waals surface area contributed by atoms with E-state index in [0.717, 1.165) is 22.7 Å². The number of nitrogens with one attached hydrogen (secondary N) is 1. The van der Waals surface area contributed by atoms with E-state index in [9.17, 15) is 0 Å². The van der Waals surface area contributed by atoms with Crippen molar-refractivity contribution < 1.29 is 4.74 Å². The Labute approximate surface area is 252 Å². The maximum absolute atomic E-state index is 5.91. The van der Waals surface area contributed by atoms with Crippen LogP contribution in [-0.4, -0.2) is 10.9 Å². The fraction of sp³-hybridized carbons (Fsp3) is 0. The van der Waals surface area contributed by atoms with Crippen molar-refractivity contribution in [2.24, 2.45) is 4.99 Å². The number of ether oxygens (including phenoxy) is 1. The summed E-state index contributed by atoms with van der Waals surface area (Å²) in [5, 5.41) is 5.14. The molecule has 0 heterocycles. The Balaban J connectivity index is 0.000000201. The molecule has 0 radical (unpaired) electrons. The third kappa shape index (κ3) is 11.5. The van der Waals surface area contributed by atoms with Crippen LogP contribution in [0.25, 0.3) is 6.08 Å². The molecule has 0 saturated carbocycles. The first-order valence-electron chi connectivity index (χ1n) is 13.1. The van der Waals surface area contributed by atoms with Crippen LogP contribution in [0.15, 0.2) is 179 Å². The van der Waals surface area contributed by atoms with Crippen molar-refractivity contribution in [1.29, 1.82) is 0 Å². The molecular formula is C36H30N2OS2. The van der Waals surface area contributed by atoms with Crippen molar-refractivity contribution >= 4 is 52.3 Å². The molecule has 1 N–H and O–H groups in total. The number of anilines is 1. The van der Waals surface area contributed by atoms with Crippen LogP contribution in [0.3, 0.4) is 0 Å². The standard InChI is InChI=1S/C21H17NOS.C15H13NS/c1-4-10-18(11-5-1)22-21(23-19-12-6-2-7-13-19)16-17-24-20-14-8-3-9-15-20;17-15(16-14-9-5-2-6-10-14)12-11-13-7-3-1-4-8-13/h1-17H;1-12H,(H,16,17)/b17-16+,22-21?;12-11-. The number of nitrogens with zero attached hydrogens (tertiary/aromatic N) is 1. The number of thiocarbonyl (C=S) groups is 1. The third-order valence-corrected chi connectivity index (χ3v) is 6.44. The van der Waals surface area contributed by atoms with Crippen LogP contribution in [0.4, 0.5) is 11.4 Å². The predicted molar refractivity (Wildman–Crippen MR) is 180 cm³/mol. The molecule has 41 heavy (non-hydrogen) atoms. The number of thioether (sulfide) groups is 1. The first-order chi connectivity index (χ1) is 20.2. The van der Waals surface area contributed by atoms with E-state index in [1.54, 1.807) is 11.8 Å². The molecular weight excluding hydrogens is 541 g/mol.